The van der Waals surface area contributed by atoms with Crippen LogP contribution in [0.2, 0.25) is 0 Å². The van der Waals surface area contributed by atoms with Crippen LogP contribution >= 0.6 is 15.9 Å². The van der Waals surface area contributed by atoms with Crippen LogP contribution in [0.4, 0.5) is 4.39 Å². The summed E-state index contributed by atoms with van der Waals surface area (Å²) in [7, 11) is 0. The maximum Gasteiger partial charge on any atom is 0.123 e. The number of aryl methyl sites for hydroxylation is 1. The number of rotatable bonds is 2. The molecule has 0 bridgehead atoms. The van der Waals surface area contributed by atoms with Crippen molar-refractivity contribution in [2.75, 3.05) is 0 Å². The summed E-state index contributed by atoms with van der Waals surface area (Å²) in [5.41, 5.74) is 9.25. The molecular weight excluding hydrogens is 281 g/mol. The molecule has 0 radical (unpaired) electrons. The van der Waals surface area contributed by atoms with Crippen molar-refractivity contribution in [1.29, 1.82) is 0 Å². The first-order valence-electron chi connectivity index (χ1n) is 5.35. The first-order chi connectivity index (χ1) is 8.08. The van der Waals surface area contributed by atoms with E-state index in [1.54, 1.807) is 12.1 Å². The summed E-state index contributed by atoms with van der Waals surface area (Å²) in [5, 5.41) is 0. The van der Waals surface area contributed by atoms with E-state index in [-0.39, 0.29) is 11.9 Å². The van der Waals surface area contributed by atoms with Crippen LogP contribution < -0.4 is 5.73 Å². The minimum absolute atomic E-state index is 0.245. The third-order valence-corrected chi connectivity index (χ3v) is 3.44. The van der Waals surface area contributed by atoms with Gasteiger partial charge in [-0.1, -0.05) is 45.8 Å². The molecule has 0 aromatic heterocycles. The molecule has 0 saturated carbocycles. The Hall–Kier alpha value is -1.19. The number of hydrogen-bond donors (Lipinski definition) is 1. The molecule has 2 aromatic rings. The van der Waals surface area contributed by atoms with E-state index in [1.165, 1.54) is 12.1 Å². The van der Waals surface area contributed by atoms with Gasteiger partial charge in [-0.05, 0) is 36.2 Å². The van der Waals surface area contributed by atoms with Gasteiger partial charge in [0, 0.05) is 4.47 Å². The van der Waals surface area contributed by atoms with Crippen LogP contribution in [0.25, 0.3) is 0 Å². The standard InChI is InChI=1S/C14H13BrFN/c1-9-2-7-13(15)12(8-9)14(17)10-3-5-11(16)6-4-10/h2-8,14H,17H2,1H3. The molecule has 17 heavy (non-hydrogen) atoms. The smallest absolute Gasteiger partial charge is 0.123 e. The Morgan fingerprint density at radius 3 is 2.41 bits per heavy atom. The lowest BCUT2D eigenvalue weighted by Gasteiger charge is -2.15. The minimum Gasteiger partial charge on any atom is -0.320 e. The predicted octanol–water partition coefficient (Wildman–Crippen LogP) is 3.94. The summed E-state index contributed by atoms with van der Waals surface area (Å²) in [6.45, 7) is 2.02. The highest BCUT2D eigenvalue weighted by Gasteiger charge is 2.12. The molecule has 0 aliphatic rings. The zero-order valence-corrected chi connectivity index (χ0v) is 11.0. The fraction of sp³-hybridized carbons (Fsp3) is 0.143. The van der Waals surface area contributed by atoms with Gasteiger partial charge in [-0.3, -0.25) is 0 Å². The van der Waals surface area contributed by atoms with Gasteiger partial charge >= 0.3 is 0 Å². The van der Waals surface area contributed by atoms with E-state index in [0.29, 0.717) is 0 Å². The molecule has 1 unspecified atom stereocenters. The van der Waals surface area contributed by atoms with Crippen molar-refractivity contribution in [2.45, 2.75) is 13.0 Å². The predicted molar refractivity (Wildman–Crippen MR) is 71.3 cm³/mol. The zero-order valence-electron chi connectivity index (χ0n) is 9.45. The van der Waals surface area contributed by atoms with Gasteiger partial charge in [0.25, 0.3) is 0 Å². The summed E-state index contributed by atoms with van der Waals surface area (Å²) in [6.07, 6.45) is 0. The second-order valence-corrected chi connectivity index (χ2v) is 4.91. The number of hydrogen-bond acceptors (Lipinski definition) is 1. The lowest BCUT2D eigenvalue weighted by Crippen LogP contribution is -2.12. The van der Waals surface area contributed by atoms with Crippen LogP contribution in [-0.4, -0.2) is 0 Å². The Kier molecular flexibility index (Phi) is 3.60. The van der Waals surface area contributed by atoms with E-state index in [9.17, 15) is 4.39 Å². The first kappa shape index (κ1) is 12.3. The summed E-state index contributed by atoms with van der Waals surface area (Å²) in [6, 6.07) is 12.1. The zero-order chi connectivity index (χ0) is 12.4. The molecule has 0 aliphatic heterocycles. The number of halogens is 2. The van der Waals surface area contributed by atoms with Crippen molar-refractivity contribution in [3.63, 3.8) is 0 Å². The normalized spacial score (nSPS) is 12.5. The molecule has 0 amide bonds. The average molecular weight is 294 g/mol. The van der Waals surface area contributed by atoms with Gasteiger partial charge < -0.3 is 5.73 Å². The Morgan fingerprint density at radius 1 is 1.12 bits per heavy atom. The van der Waals surface area contributed by atoms with Gasteiger partial charge in [0.15, 0.2) is 0 Å². The van der Waals surface area contributed by atoms with Gasteiger partial charge in [0.05, 0.1) is 6.04 Å². The van der Waals surface area contributed by atoms with Gasteiger partial charge in [0.2, 0.25) is 0 Å². The van der Waals surface area contributed by atoms with Crippen LogP contribution in [0.5, 0.6) is 0 Å². The van der Waals surface area contributed by atoms with Crippen LogP contribution in [-0.2, 0) is 0 Å². The Labute approximate surface area is 109 Å². The Bertz CT molecular complexity index is 522. The fourth-order valence-electron chi connectivity index (χ4n) is 1.75. The SMILES string of the molecule is Cc1ccc(Br)c(C(N)c2ccc(F)cc2)c1. The molecule has 2 N–H and O–H groups in total. The highest BCUT2D eigenvalue weighted by molar-refractivity contribution is 9.10. The highest BCUT2D eigenvalue weighted by Crippen LogP contribution is 2.27. The molecule has 2 aromatic carbocycles. The van der Waals surface area contributed by atoms with Crippen molar-refractivity contribution in [1.82, 2.24) is 0 Å². The number of nitrogens with two attached hydrogens (primary N) is 1. The van der Waals surface area contributed by atoms with Crippen molar-refractivity contribution < 1.29 is 4.39 Å². The lowest BCUT2D eigenvalue weighted by molar-refractivity contribution is 0.626. The summed E-state index contributed by atoms with van der Waals surface area (Å²) in [4.78, 5) is 0. The summed E-state index contributed by atoms with van der Waals surface area (Å²) in [5.74, 6) is -0.246. The van der Waals surface area contributed by atoms with E-state index in [1.807, 2.05) is 25.1 Å². The van der Waals surface area contributed by atoms with Crippen LogP contribution in [0.15, 0.2) is 46.9 Å². The third-order valence-electron chi connectivity index (χ3n) is 2.72. The second-order valence-electron chi connectivity index (χ2n) is 4.05. The molecule has 2 rings (SSSR count). The van der Waals surface area contributed by atoms with E-state index in [0.717, 1.165) is 21.2 Å². The summed E-state index contributed by atoms with van der Waals surface area (Å²) >= 11 is 3.49. The average Bonchev–Trinajstić information content (AvgIpc) is 2.32. The molecule has 1 nitrogen and oxygen atoms in total. The molecule has 0 aliphatic carbocycles. The molecule has 0 saturated heterocycles. The summed E-state index contributed by atoms with van der Waals surface area (Å²) < 4.78 is 13.8. The van der Waals surface area contributed by atoms with E-state index in [2.05, 4.69) is 15.9 Å². The first-order valence-corrected chi connectivity index (χ1v) is 6.14. The number of benzene rings is 2. The third kappa shape index (κ3) is 2.73. The molecule has 3 heteroatoms. The molecule has 0 spiro atoms. The van der Waals surface area contributed by atoms with Gasteiger partial charge in [-0.2, -0.15) is 0 Å². The Morgan fingerprint density at radius 2 is 1.76 bits per heavy atom. The Balaban J connectivity index is 2.39. The quantitative estimate of drug-likeness (QED) is 0.892. The van der Waals surface area contributed by atoms with Crippen LogP contribution in [0.1, 0.15) is 22.7 Å². The topological polar surface area (TPSA) is 26.0 Å². The molecular formula is C14H13BrFN. The van der Waals surface area contributed by atoms with E-state index < -0.39 is 0 Å². The lowest BCUT2D eigenvalue weighted by atomic mass is 9.98. The molecule has 1 atom stereocenters. The van der Waals surface area contributed by atoms with Crippen LogP contribution in [0, 0.1) is 12.7 Å². The largest absolute Gasteiger partial charge is 0.320 e. The highest BCUT2D eigenvalue weighted by atomic mass is 79.9. The van der Waals surface area contributed by atoms with Crippen LogP contribution in [0.3, 0.4) is 0 Å². The van der Waals surface area contributed by atoms with Crippen molar-refractivity contribution >= 4 is 15.9 Å². The minimum atomic E-state index is -0.246. The fourth-order valence-corrected chi connectivity index (χ4v) is 2.24. The van der Waals surface area contributed by atoms with Gasteiger partial charge in [0.1, 0.15) is 5.82 Å². The van der Waals surface area contributed by atoms with Crippen molar-refractivity contribution in [3.8, 4) is 0 Å². The van der Waals surface area contributed by atoms with Gasteiger partial charge in [-0.25, -0.2) is 4.39 Å². The maximum absolute atomic E-state index is 12.8. The van der Waals surface area contributed by atoms with Crippen molar-refractivity contribution in [3.05, 3.63) is 69.4 Å². The van der Waals surface area contributed by atoms with E-state index in [4.69, 9.17) is 5.73 Å². The van der Waals surface area contributed by atoms with Crippen molar-refractivity contribution in [2.24, 2.45) is 5.73 Å². The molecule has 0 fully saturated rings. The molecule has 88 valence electrons. The van der Waals surface area contributed by atoms with E-state index >= 15 is 0 Å². The second kappa shape index (κ2) is 4.98. The molecule has 0 heterocycles. The maximum atomic E-state index is 12.8. The van der Waals surface area contributed by atoms with Gasteiger partial charge in [-0.15, -0.1) is 0 Å². The monoisotopic (exact) mass is 293 g/mol.